The lowest BCUT2D eigenvalue weighted by atomic mass is 10.0. The van der Waals surface area contributed by atoms with E-state index in [1.54, 1.807) is 0 Å². The highest BCUT2D eigenvalue weighted by Crippen LogP contribution is 2.35. The van der Waals surface area contributed by atoms with Crippen molar-refractivity contribution in [1.82, 2.24) is 20.7 Å². The Kier molecular flexibility index (Phi) is 4.57. The lowest BCUT2D eigenvalue weighted by Gasteiger charge is -2.36. The number of nitrogens with one attached hydrogen (secondary N) is 2. The molecule has 2 aliphatic heterocycles. The minimum Gasteiger partial charge on any atom is -0.339 e. The van der Waals surface area contributed by atoms with Gasteiger partial charge in [-0.1, -0.05) is 24.3 Å². The predicted octanol–water partition coefficient (Wildman–Crippen LogP) is 1.28. The largest absolute Gasteiger partial charge is 0.339 e. The van der Waals surface area contributed by atoms with Crippen molar-refractivity contribution in [3.8, 4) is 0 Å². The Morgan fingerprint density at radius 1 is 1.12 bits per heavy atom. The van der Waals surface area contributed by atoms with E-state index in [9.17, 15) is 4.79 Å². The Morgan fingerprint density at radius 2 is 1.88 bits per heavy atom. The van der Waals surface area contributed by atoms with Gasteiger partial charge in [0, 0.05) is 38.8 Å². The first-order valence-corrected chi connectivity index (χ1v) is 9.27. The van der Waals surface area contributed by atoms with Crippen LogP contribution < -0.4 is 10.9 Å². The minimum absolute atomic E-state index is 0.0292. The summed E-state index contributed by atoms with van der Waals surface area (Å²) in [4.78, 5) is 17.2. The Morgan fingerprint density at radius 3 is 2.58 bits per heavy atom. The standard InChI is InChI=1S/C19H28N4O/c1-14-4-2-3-5-16(14)13-22-8-10-23(11-9-22)19(24)18-12-17(20-21-18)15-6-7-15/h2-5,15,17-18,20-21H,6-13H2,1H3. The Labute approximate surface area is 144 Å². The Balaban J connectivity index is 1.26. The molecule has 0 radical (unpaired) electrons. The highest BCUT2D eigenvalue weighted by atomic mass is 16.2. The van der Waals surface area contributed by atoms with Crippen molar-refractivity contribution < 1.29 is 4.79 Å². The highest BCUT2D eigenvalue weighted by molar-refractivity contribution is 5.82. The molecule has 2 N–H and O–H groups in total. The monoisotopic (exact) mass is 328 g/mol. The highest BCUT2D eigenvalue weighted by Gasteiger charge is 2.40. The summed E-state index contributed by atoms with van der Waals surface area (Å²) in [6, 6.07) is 9.05. The molecular formula is C19H28N4O. The molecule has 1 aliphatic carbocycles. The summed E-state index contributed by atoms with van der Waals surface area (Å²) in [6.07, 6.45) is 3.59. The summed E-state index contributed by atoms with van der Waals surface area (Å²) in [5, 5.41) is 0. The fraction of sp³-hybridized carbons (Fsp3) is 0.632. The van der Waals surface area contributed by atoms with Crippen LogP contribution >= 0.6 is 0 Å². The average molecular weight is 328 g/mol. The van der Waals surface area contributed by atoms with E-state index in [0.29, 0.717) is 6.04 Å². The van der Waals surface area contributed by atoms with Crippen LogP contribution in [-0.4, -0.2) is 54.0 Å². The van der Waals surface area contributed by atoms with Crippen molar-refractivity contribution in [2.75, 3.05) is 26.2 Å². The normalized spacial score (nSPS) is 28.3. The third-order valence-electron chi connectivity index (χ3n) is 5.76. The molecule has 2 saturated heterocycles. The number of amides is 1. The van der Waals surface area contributed by atoms with Crippen LogP contribution in [-0.2, 0) is 11.3 Å². The second-order valence-corrected chi connectivity index (χ2v) is 7.55. The zero-order valence-corrected chi connectivity index (χ0v) is 14.5. The average Bonchev–Trinajstić information content (AvgIpc) is 3.34. The van der Waals surface area contributed by atoms with Crippen LogP contribution in [0.15, 0.2) is 24.3 Å². The van der Waals surface area contributed by atoms with Crippen LogP contribution in [0, 0.1) is 12.8 Å². The predicted molar refractivity (Wildman–Crippen MR) is 94.2 cm³/mol. The van der Waals surface area contributed by atoms with Gasteiger partial charge in [-0.2, -0.15) is 0 Å². The van der Waals surface area contributed by atoms with E-state index < -0.39 is 0 Å². The smallest absolute Gasteiger partial charge is 0.241 e. The van der Waals surface area contributed by atoms with Gasteiger partial charge in [-0.15, -0.1) is 0 Å². The molecule has 5 nitrogen and oxygen atoms in total. The molecule has 0 bridgehead atoms. The van der Waals surface area contributed by atoms with Crippen LogP contribution in [0.3, 0.4) is 0 Å². The van der Waals surface area contributed by atoms with Gasteiger partial charge in [0.15, 0.2) is 0 Å². The van der Waals surface area contributed by atoms with Crippen LogP contribution in [0.25, 0.3) is 0 Å². The van der Waals surface area contributed by atoms with Gasteiger partial charge in [0.1, 0.15) is 6.04 Å². The van der Waals surface area contributed by atoms with Crippen LogP contribution in [0.4, 0.5) is 0 Å². The first kappa shape index (κ1) is 16.1. The zero-order chi connectivity index (χ0) is 16.5. The molecule has 3 fully saturated rings. The summed E-state index contributed by atoms with van der Waals surface area (Å²) in [7, 11) is 0. The van der Waals surface area contributed by atoms with Crippen molar-refractivity contribution in [2.45, 2.75) is 44.8 Å². The quantitative estimate of drug-likeness (QED) is 0.874. The number of hydrazine groups is 1. The Hall–Kier alpha value is -1.43. The zero-order valence-electron chi connectivity index (χ0n) is 14.5. The number of carbonyl (C=O) groups is 1. The summed E-state index contributed by atoms with van der Waals surface area (Å²) >= 11 is 0. The molecule has 3 aliphatic rings. The van der Waals surface area contributed by atoms with E-state index in [-0.39, 0.29) is 11.9 Å². The van der Waals surface area contributed by atoms with Gasteiger partial charge in [0.05, 0.1) is 0 Å². The van der Waals surface area contributed by atoms with Crippen LogP contribution in [0.2, 0.25) is 0 Å². The van der Waals surface area contributed by atoms with E-state index in [1.807, 2.05) is 4.90 Å². The number of aryl methyl sites for hydroxylation is 1. The molecule has 2 atom stereocenters. The molecule has 5 heteroatoms. The first-order chi connectivity index (χ1) is 11.7. The molecule has 0 spiro atoms. The molecule has 0 aromatic heterocycles. The fourth-order valence-corrected chi connectivity index (χ4v) is 3.93. The lowest BCUT2D eigenvalue weighted by Crippen LogP contribution is -2.53. The van der Waals surface area contributed by atoms with Crippen LogP contribution in [0.1, 0.15) is 30.4 Å². The van der Waals surface area contributed by atoms with Crippen molar-refractivity contribution in [3.63, 3.8) is 0 Å². The molecule has 1 aromatic carbocycles. The van der Waals surface area contributed by atoms with Crippen molar-refractivity contribution in [2.24, 2.45) is 5.92 Å². The number of hydrogen-bond donors (Lipinski definition) is 2. The SMILES string of the molecule is Cc1ccccc1CN1CCN(C(=O)C2CC(C3CC3)NN2)CC1. The molecule has 1 saturated carbocycles. The van der Waals surface area contributed by atoms with Gasteiger partial charge >= 0.3 is 0 Å². The van der Waals surface area contributed by atoms with E-state index in [2.05, 4.69) is 46.9 Å². The molecule has 130 valence electrons. The summed E-state index contributed by atoms with van der Waals surface area (Å²) in [5.74, 6) is 1.07. The van der Waals surface area contributed by atoms with Crippen LogP contribution in [0.5, 0.6) is 0 Å². The van der Waals surface area contributed by atoms with E-state index >= 15 is 0 Å². The molecule has 1 amide bonds. The number of nitrogens with zero attached hydrogens (tertiary/aromatic N) is 2. The molecule has 2 heterocycles. The number of benzene rings is 1. The number of piperazine rings is 1. The summed E-state index contributed by atoms with van der Waals surface area (Å²) in [6.45, 7) is 6.78. The van der Waals surface area contributed by atoms with E-state index in [0.717, 1.165) is 45.1 Å². The lowest BCUT2D eigenvalue weighted by molar-refractivity contribution is -0.135. The van der Waals surface area contributed by atoms with E-state index in [1.165, 1.54) is 24.0 Å². The van der Waals surface area contributed by atoms with Gasteiger partial charge < -0.3 is 4.90 Å². The number of hydrogen-bond acceptors (Lipinski definition) is 4. The molecule has 1 aromatic rings. The number of rotatable bonds is 4. The van der Waals surface area contributed by atoms with Gasteiger partial charge in [-0.05, 0) is 43.2 Å². The van der Waals surface area contributed by atoms with Gasteiger partial charge in [-0.25, -0.2) is 5.43 Å². The molecule has 2 unspecified atom stereocenters. The van der Waals surface area contributed by atoms with E-state index in [4.69, 9.17) is 0 Å². The first-order valence-electron chi connectivity index (χ1n) is 9.27. The van der Waals surface area contributed by atoms with Crippen molar-refractivity contribution in [3.05, 3.63) is 35.4 Å². The van der Waals surface area contributed by atoms with Gasteiger partial charge in [0.25, 0.3) is 0 Å². The maximum atomic E-state index is 12.7. The third kappa shape index (κ3) is 3.48. The summed E-state index contributed by atoms with van der Waals surface area (Å²) in [5.41, 5.74) is 9.30. The summed E-state index contributed by atoms with van der Waals surface area (Å²) < 4.78 is 0. The molecule has 24 heavy (non-hydrogen) atoms. The van der Waals surface area contributed by atoms with Gasteiger partial charge in [-0.3, -0.25) is 15.1 Å². The molecular weight excluding hydrogens is 300 g/mol. The van der Waals surface area contributed by atoms with Crippen molar-refractivity contribution >= 4 is 5.91 Å². The second kappa shape index (κ2) is 6.82. The minimum atomic E-state index is -0.0292. The second-order valence-electron chi connectivity index (χ2n) is 7.55. The fourth-order valence-electron chi connectivity index (χ4n) is 3.93. The Bertz CT molecular complexity index is 593. The molecule has 4 rings (SSSR count). The maximum absolute atomic E-state index is 12.7. The number of carbonyl (C=O) groups excluding carboxylic acids is 1. The maximum Gasteiger partial charge on any atom is 0.241 e. The topological polar surface area (TPSA) is 47.6 Å². The van der Waals surface area contributed by atoms with Crippen molar-refractivity contribution in [1.29, 1.82) is 0 Å². The van der Waals surface area contributed by atoms with Gasteiger partial charge in [0.2, 0.25) is 5.91 Å². The third-order valence-corrected chi connectivity index (χ3v) is 5.76.